The number of aryl methyl sites for hydroxylation is 2. The van der Waals surface area contributed by atoms with Crippen LogP contribution in [0.5, 0.6) is 0 Å². The Morgan fingerprint density at radius 1 is 1.14 bits per heavy atom. The van der Waals surface area contributed by atoms with Crippen LogP contribution >= 0.6 is 11.3 Å². The summed E-state index contributed by atoms with van der Waals surface area (Å²) in [5.74, 6) is 0.902. The van der Waals surface area contributed by atoms with Gasteiger partial charge < -0.3 is 19.9 Å². The average molecular weight is 529 g/mol. The summed E-state index contributed by atoms with van der Waals surface area (Å²) >= 11 is 1.59. The predicted octanol–water partition coefficient (Wildman–Crippen LogP) is 3.59. The minimum Gasteiger partial charge on any atom is -0.456 e. The molecule has 10 nitrogen and oxygen atoms in total. The summed E-state index contributed by atoms with van der Waals surface area (Å²) in [6.07, 6.45) is 7.63. The van der Waals surface area contributed by atoms with Gasteiger partial charge in [-0.1, -0.05) is 13.3 Å². The fourth-order valence-corrected chi connectivity index (χ4v) is 5.64. The molecule has 0 aliphatic carbocycles. The smallest absolute Gasteiger partial charge is 0.303 e. The Morgan fingerprint density at radius 2 is 1.92 bits per heavy atom. The summed E-state index contributed by atoms with van der Waals surface area (Å²) in [5, 5.41) is 4.14. The quantitative estimate of drug-likeness (QED) is 0.517. The second-order valence-corrected chi connectivity index (χ2v) is 11.0. The topological polar surface area (TPSA) is 118 Å². The van der Waals surface area contributed by atoms with Crippen LogP contribution in [0.1, 0.15) is 74.7 Å². The number of hydrogen-bond donors (Lipinski definition) is 1. The number of nitrogens with one attached hydrogen (secondary N) is 1. The molecule has 37 heavy (non-hydrogen) atoms. The number of hydrogen-bond acceptors (Lipinski definition) is 9. The molecule has 0 saturated carbocycles. The van der Waals surface area contributed by atoms with Crippen LogP contribution in [0.4, 0.5) is 10.9 Å². The normalized spacial score (nSPS) is 18.5. The number of esters is 1. The molecule has 4 heterocycles. The van der Waals surface area contributed by atoms with Crippen molar-refractivity contribution in [2.75, 3.05) is 31.6 Å². The van der Waals surface area contributed by atoms with E-state index >= 15 is 0 Å². The van der Waals surface area contributed by atoms with Crippen molar-refractivity contribution in [3.05, 3.63) is 28.7 Å². The summed E-state index contributed by atoms with van der Waals surface area (Å²) in [5.41, 5.74) is 1.01. The molecule has 2 aliphatic rings. The van der Waals surface area contributed by atoms with Crippen molar-refractivity contribution < 1.29 is 19.1 Å². The monoisotopic (exact) mass is 528 g/mol. The van der Waals surface area contributed by atoms with Crippen LogP contribution in [0.3, 0.4) is 0 Å². The first-order valence-electron chi connectivity index (χ1n) is 13.1. The Balaban J connectivity index is 1.41. The number of anilines is 2. The number of carbonyl (C=O) groups is 3. The summed E-state index contributed by atoms with van der Waals surface area (Å²) in [6.45, 7) is 6.83. The van der Waals surface area contributed by atoms with E-state index in [1.807, 2.05) is 24.1 Å². The minimum absolute atomic E-state index is 0.0172. The van der Waals surface area contributed by atoms with Gasteiger partial charge in [0.25, 0.3) is 5.91 Å². The summed E-state index contributed by atoms with van der Waals surface area (Å²) < 4.78 is 4.89. The summed E-state index contributed by atoms with van der Waals surface area (Å²) in [4.78, 5) is 55.9. The lowest BCUT2D eigenvalue weighted by molar-refractivity contribution is -0.155. The van der Waals surface area contributed by atoms with E-state index in [-0.39, 0.29) is 24.3 Å². The van der Waals surface area contributed by atoms with Gasteiger partial charge in [0.1, 0.15) is 17.7 Å². The highest BCUT2D eigenvalue weighted by Gasteiger charge is 2.36. The lowest BCUT2D eigenvalue weighted by Crippen LogP contribution is -2.55. The number of piperidine rings is 2. The molecule has 11 heteroatoms. The van der Waals surface area contributed by atoms with Crippen LogP contribution in [0.25, 0.3) is 0 Å². The third kappa shape index (κ3) is 7.03. The molecule has 2 aromatic heterocycles. The fraction of sp³-hybridized carbons (Fsp3) is 0.615. The molecule has 2 aromatic rings. The van der Waals surface area contributed by atoms with Crippen molar-refractivity contribution >= 4 is 40.1 Å². The highest BCUT2D eigenvalue weighted by molar-refractivity contribution is 7.15. The maximum atomic E-state index is 13.4. The third-order valence-corrected chi connectivity index (χ3v) is 7.67. The number of carbonyl (C=O) groups excluding carboxylic acids is 3. The molecule has 0 spiro atoms. The van der Waals surface area contributed by atoms with E-state index in [0.717, 1.165) is 65.9 Å². The highest BCUT2D eigenvalue weighted by Crippen LogP contribution is 2.30. The van der Waals surface area contributed by atoms with Crippen LogP contribution in [0.2, 0.25) is 0 Å². The maximum absolute atomic E-state index is 13.4. The molecule has 1 atom stereocenters. The minimum atomic E-state index is -0.499. The average Bonchev–Trinajstić information content (AvgIpc) is 3.31. The fourth-order valence-electron chi connectivity index (χ4n) is 4.97. The van der Waals surface area contributed by atoms with Gasteiger partial charge in [-0.3, -0.25) is 14.4 Å². The Morgan fingerprint density at radius 3 is 2.59 bits per heavy atom. The maximum Gasteiger partial charge on any atom is 0.303 e. The van der Waals surface area contributed by atoms with Crippen molar-refractivity contribution in [1.29, 1.82) is 0 Å². The molecule has 0 unspecified atom stereocenters. The second kappa shape index (κ2) is 12.4. The Bertz CT molecular complexity index is 1110. The van der Waals surface area contributed by atoms with E-state index in [1.54, 1.807) is 16.2 Å². The Hall–Kier alpha value is -3.08. The zero-order chi connectivity index (χ0) is 26.4. The number of aromatic nitrogens is 3. The van der Waals surface area contributed by atoms with Gasteiger partial charge >= 0.3 is 5.97 Å². The predicted molar refractivity (Wildman–Crippen MR) is 141 cm³/mol. The first-order chi connectivity index (χ1) is 17.8. The van der Waals surface area contributed by atoms with Crippen molar-refractivity contribution in [3.63, 3.8) is 0 Å². The lowest BCUT2D eigenvalue weighted by atomic mass is 9.94. The largest absolute Gasteiger partial charge is 0.456 e. The number of rotatable bonds is 8. The molecule has 2 amide bonds. The number of nitrogens with zero attached hydrogens (tertiary/aromatic N) is 5. The van der Waals surface area contributed by atoms with E-state index in [1.165, 1.54) is 6.92 Å². The van der Waals surface area contributed by atoms with Crippen molar-refractivity contribution in [2.45, 2.75) is 77.7 Å². The molecular weight excluding hydrogens is 492 g/mol. The molecular formula is C26H36N6O4S. The molecule has 0 radical (unpaired) electrons. The standard InChI is InChI=1S/C26H36N6O4S/c1-4-7-20-14-22(30-26-27-15-17(2)37-26)29-24(28-20)19-9-12-31(13-10-19)25(35)21-8-5-6-11-32(21)23(34)16-36-18(3)33/h14-15,19,21H,4-13,16H2,1-3H3,(H,27,28,29,30)/t21-/m0/s1. The van der Waals surface area contributed by atoms with Crippen molar-refractivity contribution in [1.82, 2.24) is 24.8 Å². The zero-order valence-corrected chi connectivity index (χ0v) is 22.7. The molecule has 2 fully saturated rings. The van der Waals surface area contributed by atoms with Crippen LogP contribution in [-0.2, 0) is 25.5 Å². The van der Waals surface area contributed by atoms with Gasteiger partial charge in [0, 0.05) is 55.3 Å². The van der Waals surface area contributed by atoms with E-state index in [2.05, 4.69) is 17.2 Å². The van der Waals surface area contributed by atoms with Crippen LogP contribution in [0.15, 0.2) is 12.3 Å². The molecule has 4 rings (SSSR count). The zero-order valence-electron chi connectivity index (χ0n) is 21.9. The van der Waals surface area contributed by atoms with E-state index in [4.69, 9.17) is 14.7 Å². The van der Waals surface area contributed by atoms with Crippen molar-refractivity contribution in [3.8, 4) is 0 Å². The Labute approximate surface area is 221 Å². The van der Waals surface area contributed by atoms with Crippen molar-refractivity contribution in [2.24, 2.45) is 0 Å². The first-order valence-corrected chi connectivity index (χ1v) is 13.9. The van der Waals surface area contributed by atoms with Crippen LogP contribution in [0, 0.1) is 6.92 Å². The third-order valence-electron chi connectivity index (χ3n) is 6.84. The number of ether oxygens (including phenoxy) is 1. The van der Waals surface area contributed by atoms with Crippen LogP contribution in [-0.4, -0.2) is 74.8 Å². The van der Waals surface area contributed by atoms with Gasteiger partial charge in [-0.15, -0.1) is 11.3 Å². The van der Waals surface area contributed by atoms with Crippen LogP contribution < -0.4 is 5.32 Å². The second-order valence-electron chi connectivity index (χ2n) is 9.73. The number of amides is 2. The SMILES string of the molecule is CCCc1cc(Nc2ncc(C)s2)nc(C2CCN(C(=O)[C@@H]3CCCCN3C(=O)COC(C)=O)CC2)n1. The highest BCUT2D eigenvalue weighted by atomic mass is 32.1. The first kappa shape index (κ1) is 27.0. The van der Waals surface area contributed by atoms with E-state index < -0.39 is 12.0 Å². The van der Waals surface area contributed by atoms with Gasteiger partial charge in [0.2, 0.25) is 5.91 Å². The van der Waals surface area contributed by atoms with Gasteiger partial charge in [0.15, 0.2) is 11.7 Å². The molecule has 200 valence electrons. The van der Waals surface area contributed by atoms with E-state index in [9.17, 15) is 14.4 Å². The van der Waals surface area contributed by atoms with Gasteiger partial charge in [-0.2, -0.15) is 0 Å². The lowest BCUT2D eigenvalue weighted by Gasteiger charge is -2.39. The van der Waals surface area contributed by atoms with E-state index in [0.29, 0.717) is 26.1 Å². The van der Waals surface area contributed by atoms with Gasteiger partial charge in [-0.05, 0) is 45.4 Å². The number of likely N-dealkylation sites (tertiary alicyclic amines) is 2. The number of thiazole rings is 1. The molecule has 1 N–H and O–H groups in total. The molecule has 0 aromatic carbocycles. The van der Waals surface area contributed by atoms with Gasteiger partial charge in [-0.25, -0.2) is 15.0 Å². The summed E-state index contributed by atoms with van der Waals surface area (Å²) in [6, 6.07) is 1.50. The Kier molecular flexibility index (Phi) is 9.07. The summed E-state index contributed by atoms with van der Waals surface area (Å²) in [7, 11) is 0. The molecule has 2 aliphatic heterocycles. The molecule has 0 bridgehead atoms. The molecule has 2 saturated heterocycles. The van der Waals surface area contributed by atoms with Gasteiger partial charge in [0.05, 0.1) is 0 Å².